The zero-order chi connectivity index (χ0) is 8.72. The first kappa shape index (κ1) is 8.36. The van der Waals surface area contributed by atoms with Gasteiger partial charge in [-0.15, -0.1) is 11.6 Å². The highest BCUT2D eigenvalue weighted by Gasteiger charge is 2.49. The number of fused-ring (bicyclic) bond motifs is 2. The van der Waals surface area contributed by atoms with Gasteiger partial charge in [0.1, 0.15) is 6.10 Å². The molecule has 0 aliphatic heterocycles. The summed E-state index contributed by atoms with van der Waals surface area (Å²) in [5, 5.41) is 0.244. The van der Waals surface area contributed by atoms with E-state index in [2.05, 4.69) is 0 Å². The van der Waals surface area contributed by atoms with Crippen molar-refractivity contribution in [2.45, 2.75) is 37.7 Å². The molecule has 4 atom stereocenters. The summed E-state index contributed by atoms with van der Waals surface area (Å²) in [6.07, 6.45) is 3.48. The van der Waals surface area contributed by atoms with E-state index in [-0.39, 0.29) is 17.5 Å². The third-order valence-electron chi connectivity index (χ3n) is 3.05. The van der Waals surface area contributed by atoms with Crippen molar-refractivity contribution in [3.8, 4) is 0 Å². The number of hydrogen-bond acceptors (Lipinski definition) is 2. The second-order valence-corrected chi connectivity index (χ2v) is 4.39. The van der Waals surface area contributed by atoms with E-state index in [9.17, 15) is 4.79 Å². The first-order valence-electron chi connectivity index (χ1n) is 4.50. The van der Waals surface area contributed by atoms with Crippen molar-refractivity contribution < 1.29 is 9.53 Å². The molecule has 0 amide bonds. The van der Waals surface area contributed by atoms with Crippen molar-refractivity contribution in [1.29, 1.82) is 0 Å². The molecule has 68 valence electrons. The molecule has 0 aromatic heterocycles. The predicted octanol–water partition coefficient (Wildman–Crippen LogP) is 1.96. The van der Waals surface area contributed by atoms with Gasteiger partial charge in [0.25, 0.3) is 0 Å². The zero-order valence-corrected chi connectivity index (χ0v) is 7.88. The van der Waals surface area contributed by atoms with Crippen molar-refractivity contribution >= 4 is 17.6 Å². The SMILES string of the molecule is CC(=O)O[C@H]1[C@@H]2CC[C@@H]1[C@H](Cl)C2. The first-order chi connectivity index (χ1) is 5.68. The number of hydrogen-bond donors (Lipinski definition) is 0. The number of alkyl halides is 1. The van der Waals surface area contributed by atoms with Gasteiger partial charge in [0.2, 0.25) is 0 Å². The summed E-state index contributed by atoms with van der Waals surface area (Å²) in [6.45, 7) is 1.47. The van der Waals surface area contributed by atoms with Crippen LogP contribution in [0.15, 0.2) is 0 Å². The lowest BCUT2D eigenvalue weighted by Crippen LogP contribution is -2.22. The number of carbonyl (C=O) groups excluding carboxylic acids is 1. The van der Waals surface area contributed by atoms with E-state index < -0.39 is 0 Å². The second kappa shape index (κ2) is 2.91. The van der Waals surface area contributed by atoms with Crippen LogP contribution in [0.25, 0.3) is 0 Å². The molecule has 2 saturated carbocycles. The largest absolute Gasteiger partial charge is 0.462 e. The van der Waals surface area contributed by atoms with E-state index in [1.165, 1.54) is 13.3 Å². The molecule has 2 aliphatic carbocycles. The summed E-state index contributed by atoms with van der Waals surface area (Å²) in [7, 11) is 0. The summed E-state index contributed by atoms with van der Waals surface area (Å²) in [5.41, 5.74) is 0. The van der Waals surface area contributed by atoms with Gasteiger partial charge in [0, 0.05) is 18.2 Å². The molecule has 2 nitrogen and oxygen atoms in total. The van der Waals surface area contributed by atoms with Crippen molar-refractivity contribution in [2.75, 3.05) is 0 Å². The molecule has 2 rings (SSSR count). The summed E-state index contributed by atoms with van der Waals surface area (Å²) in [6, 6.07) is 0. The number of rotatable bonds is 1. The van der Waals surface area contributed by atoms with Crippen LogP contribution in [0.5, 0.6) is 0 Å². The predicted molar refractivity (Wildman–Crippen MR) is 46.0 cm³/mol. The molecule has 2 fully saturated rings. The van der Waals surface area contributed by atoms with Crippen molar-refractivity contribution in [2.24, 2.45) is 11.8 Å². The molecule has 0 aromatic rings. The van der Waals surface area contributed by atoms with E-state index >= 15 is 0 Å². The van der Waals surface area contributed by atoms with Crippen molar-refractivity contribution in [1.82, 2.24) is 0 Å². The number of esters is 1. The molecule has 0 spiro atoms. The number of carbonyl (C=O) groups is 1. The van der Waals surface area contributed by atoms with Crippen LogP contribution in [0, 0.1) is 11.8 Å². The Kier molecular flexibility index (Phi) is 2.03. The third kappa shape index (κ3) is 1.22. The van der Waals surface area contributed by atoms with E-state index in [0.717, 1.165) is 12.8 Å². The number of halogens is 1. The summed E-state index contributed by atoms with van der Waals surface area (Å²) < 4.78 is 5.25. The summed E-state index contributed by atoms with van der Waals surface area (Å²) in [5.74, 6) is 0.810. The maximum absolute atomic E-state index is 10.8. The lowest BCUT2D eigenvalue weighted by molar-refractivity contribution is -0.148. The van der Waals surface area contributed by atoms with E-state index in [1.54, 1.807) is 0 Å². The topological polar surface area (TPSA) is 26.3 Å². The molecule has 0 heterocycles. The Morgan fingerprint density at radius 3 is 2.67 bits per heavy atom. The highest BCUT2D eigenvalue weighted by molar-refractivity contribution is 6.21. The Bertz CT molecular complexity index is 205. The molecule has 0 N–H and O–H groups in total. The van der Waals surface area contributed by atoms with Gasteiger partial charge in [-0.1, -0.05) is 0 Å². The normalized spacial score (nSPS) is 44.8. The molecule has 2 bridgehead atoms. The fourth-order valence-corrected chi connectivity index (χ4v) is 3.06. The lowest BCUT2D eigenvalue weighted by Gasteiger charge is -2.16. The molecule has 12 heavy (non-hydrogen) atoms. The second-order valence-electron chi connectivity index (χ2n) is 3.83. The minimum Gasteiger partial charge on any atom is -0.462 e. The van der Waals surface area contributed by atoms with Gasteiger partial charge in [-0.2, -0.15) is 0 Å². The van der Waals surface area contributed by atoms with Gasteiger partial charge in [-0.3, -0.25) is 4.79 Å². The van der Waals surface area contributed by atoms with Gasteiger partial charge < -0.3 is 4.74 Å². The van der Waals surface area contributed by atoms with Crippen LogP contribution in [-0.4, -0.2) is 17.5 Å². The zero-order valence-electron chi connectivity index (χ0n) is 7.13. The molecule has 0 unspecified atom stereocenters. The maximum atomic E-state index is 10.8. The van der Waals surface area contributed by atoms with E-state index in [4.69, 9.17) is 16.3 Å². The van der Waals surface area contributed by atoms with Gasteiger partial charge in [-0.25, -0.2) is 0 Å². The number of ether oxygens (including phenoxy) is 1. The molecular weight excluding hydrogens is 176 g/mol. The molecule has 2 aliphatic rings. The van der Waals surface area contributed by atoms with Crippen LogP contribution < -0.4 is 0 Å². The Balaban J connectivity index is 2.03. The Labute approximate surface area is 77.2 Å². The average molecular weight is 189 g/mol. The maximum Gasteiger partial charge on any atom is 0.302 e. The highest BCUT2D eigenvalue weighted by atomic mass is 35.5. The van der Waals surface area contributed by atoms with Crippen LogP contribution in [0.2, 0.25) is 0 Å². The quantitative estimate of drug-likeness (QED) is 0.465. The molecule has 3 heteroatoms. The molecular formula is C9H13ClO2. The smallest absolute Gasteiger partial charge is 0.302 e. The van der Waals surface area contributed by atoms with Gasteiger partial charge in [0.15, 0.2) is 0 Å². The van der Waals surface area contributed by atoms with Gasteiger partial charge in [-0.05, 0) is 25.2 Å². The lowest BCUT2D eigenvalue weighted by atomic mass is 10.0. The van der Waals surface area contributed by atoms with Crippen LogP contribution in [0.3, 0.4) is 0 Å². The van der Waals surface area contributed by atoms with E-state index in [1.807, 2.05) is 0 Å². The van der Waals surface area contributed by atoms with Crippen LogP contribution >= 0.6 is 11.6 Å². The highest BCUT2D eigenvalue weighted by Crippen LogP contribution is 2.48. The van der Waals surface area contributed by atoms with Crippen molar-refractivity contribution in [3.05, 3.63) is 0 Å². The van der Waals surface area contributed by atoms with Gasteiger partial charge in [0.05, 0.1) is 0 Å². The minimum atomic E-state index is -0.164. The Morgan fingerprint density at radius 1 is 1.50 bits per heavy atom. The average Bonchev–Trinajstić information content (AvgIpc) is 2.44. The monoisotopic (exact) mass is 188 g/mol. The van der Waals surface area contributed by atoms with Crippen LogP contribution in [-0.2, 0) is 9.53 Å². The Hall–Kier alpha value is -0.240. The van der Waals surface area contributed by atoms with Crippen LogP contribution in [0.4, 0.5) is 0 Å². The first-order valence-corrected chi connectivity index (χ1v) is 4.93. The van der Waals surface area contributed by atoms with Crippen molar-refractivity contribution in [3.63, 3.8) is 0 Å². The fraction of sp³-hybridized carbons (Fsp3) is 0.889. The standard InChI is InChI=1S/C9H13ClO2/c1-5(11)12-9-6-2-3-7(9)8(10)4-6/h6-9H,2-4H2,1H3/t6-,7-,8-,9+/m1/s1. The summed E-state index contributed by atoms with van der Waals surface area (Å²) in [4.78, 5) is 10.8. The fourth-order valence-electron chi connectivity index (χ4n) is 2.56. The van der Waals surface area contributed by atoms with E-state index in [0.29, 0.717) is 11.8 Å². The third-order valence-corrected chi connectivity index (χ3v) is 3.55. The summed E-state index contributed by atoms with van der Waals surface area (Å²) >= 11 is 6.10. The molecule has 0 radical (unpaired) electrons. The molecule has 0 aromatic carbocycles. The molecule has 0 saturated heterocycles. The van der Waals surface area contributed by atoms with Gasteiger partial charge >= 0.3 is 5.97 Å². The Morgan fingerprint density at radius 2 is 2.25 bits per heavy atom. The minimum absolute atomic E-state index is 0.130. The van der Waals surface area contributed by atoms with Crippen LogP contribution in [0.1, 0.15) is 26.2 Å².